The maximum Gasteiger partial charge on any atom is 0.124 e. The zero-order valence-corrected chi connectivity index (χ0v) is 17.7. The topological polar surface area (TPSA) is 53.5 Å². The number of aliphatic hydroxyl groups is 1. The van der Waals surface area contributed by atoms with Crippen LogP contribution < -0.4 is 15.4 Å². The summed E-state index contributed by atoms with van der Waals surface area (Å²) in [5.41, 5.74) is 1.94. The lowest BCUT2D eigenvalue weighted by molar-refractivity contribution is 0.191. The normalized spacial score (nSPS) is 12.2. The average Bonchev–Trinajstić information content (AvgIpc) is 2.58. The van der Waals surface area contributed by atoms with E-state index in [1.54, 1.807) is 19.1 Å². The third-order valence-corrected chi connectivity index (χ3v) is 4.73. The minimum Gasteiger partial charge on any atom is -0.489 e. The predicted octanol–water partition coefficient (Wildman–Crippen LogP) is 4.39. The van der Waals surface area contributed by atoms with Gasteiger partial charge in [0, 0.05) is 51.8 Å². The van der Waals surface area contributed by atoms with E-state index < -0.39 is 0 Å². The van der Waals surface area contributed by atoms with Gasteiger partial charge in [-0.15, -0.1) is 0 Å². The van der Waals surface area contributed by atoms with E-state index in [9.17, 15) is 5.11 Å². The highest BCUT2D eigenvalue weighted by Crippen LogP contribution is 2.26. The second-order valence-corrected chi connectivity index (χ2v) is 7.77. The molecule has 0 saturated heterocycles. The Bertz CT molecular complexity index is 714. The minimum atomic E-state index is -0.334. The van der Waals surface area contributed by atoms with Crippen LogP contribution in [0.25, 0.3) is 0 Å². The van der Waals surface area contributed by atoms with Crippen LogP contribution >= 0.6 is 39.1 Å². The lowest BCUT2D eigenvalue weighted by Gasteiger charge is -2.14. The molecule has 2 rings (SSSR count). The summed E-state index contributed by atoms with van der Waals surface area (Å²) in [6.45, 7) is 4.99. The maximum atomic E-state index is 9.22. The first-order valence-corrected chi connectivity index (χ1v) is 9.95. The van der Waals surface area contributed by atoms with Crippen molar-refractivity contribution < 1.29 is 9.84 Å². The Hall–Kier alpha value is -0.820. The van der Waals surface area contributed by atoms with Crippen LogP contribution in [0.15, 0.2) is 40.9 Å². The highest BCUT2D eigenvalue weighted by Gasteiger charge is 2.07. The van der Waals surface area contributed by atoms with Crippen molar-refractivity contribution in [1.82, 2.24) is 10.6 Å². The molecule has 0 fully saturated rings. The molecule has 2 aromatic rings. The first-order chi connectivity index (χ1) is 12.5. The molecule has 1 atom stereocenters. The van der Waals surface area contributed by atoms with Crippen LogP contribution in [0.2, 0.25) is 10.0 Å². The number of hydrogen-bond donors (Lipinski definition) is 3. The molecule has 2 aromatic carbocycles. The zero-order valence-electron chi connectivity index (χ0n) is 14.6. The van der Waals surface area contributed by atoms with Gasteiger partial charge in [-0.05, 0) is 37.3 Å². The SMILES string of the molecule is C[C@@H](O)CNCCNCc1cc(Br)ccc1OCc1ccc(Cl)cc1Cl. The highest BCUT2D eigenvalue weighted by molar-refractivity contribution is 9.10. The van der Waals surface area contributed by atoms with Crippen molar-refractivity contribution in [3.63, 3.8) is 0 Å². The first kappa shape index (κ1) is 21.5. The summed E-state index contributed by atoms with van der Waals surface area (Å²) in [4.78, 5) is 0. The number of ether oxygens (including phenoxy) is 1. The van der Waals surface area contributed by atoms with E-state index >= 15 is 0 Å². The molecule has 0 amide bonds. The fourth-order valence-electron chi connectivity index (χ4n) is 2.33. The maximum absolute atomic E-state index is 9.22. The molecule has 0 heterocycles. The largest absolute Gasteiger partial charge is 0.489 e. The van der Waals surface area contributed by atoms with E-state index in [2.05, 4.69) is 26.6 Å². The Morgan fingerprint density at radius 2 is 1.85 bits per heavy atom. The Labute approximate surface area is 173 Å². The van der Waals surface area contributed by atoms with Gasteiger partial charge in [0.25, 0.3) is 0 Å². The van der Waals surface area contributed by atoms with Crippen molar-refractivity contribution >= 4 is 39.1 Å². The van der Waals surface area contributed by atoms with Crippen molar-refractivity contribution in [2.24, 2.45) is 0 Å². The van der Waals surface area contributed by atoms with Gasteiger partial charge in [-0.25, -0.2) is 0 Å². The number of benzene rings is 2. The lowest BCUT2D eigenvalue weighted by atomic mass is 10.2. The van der Waals surface area contributed by atoms with Gasteiger partial charge in [-0.2, -0.15) is 0 Å². The Kier molecular flexibility index (Phi) is 9.19. The molecule has 26 heavy (non-hydrogen) atoms. The molecule has 0 aliphatic rings. The molecular formula is C19H23BrCl2N2O2. The van der Waals surface area contributed by atoms with E-state index in [0.29, 0.717) is 29.7 Å². The quantitative estimate of drug-likeness (QED) is 0.459. The van der Waals surface area contributed by atoms with Crippen molar-refractivity contribution in [2.75, 3.05) is 19.6 Å². The molecule has 3 N–H and O–H groups in total. The van der Waals surface area contributed by atoms with Crippen LogP contribution in [0, 0.1) is 0 Å². The summed E-state index contributed by atoms with van der Waals surface area (Å²) >= 11 is 15.6. The zero-order chi connectivity index (χ0) is 18.9. The molecule has 0 radical (unpaired) electrons. The van der Waals surface area contributed by atoms with Gasteiger partial charge in [0.05, 0.1) is 6.10 Å². The summed E-state index contributed by atoms with van der Waals surface area (Å²) < 4.78 is 6.97. The van der Waals surface area contributed by atoms with E-state index in [1.807, 2.05) is 24.3 Å². The van der Waals surface area contributed by atoms with Crippen LogP contribution in [0.3, 0.4) is 0 Å². The monoisotopic (exact) mass is 460 g/mol. The molecule has 0 spiro atoms. The summed E-state index contributed by atoms with van der Waals surface area (Å²) in [5, 5.41) is 17.0. The van der Waals surface area contributed by atoms with E-state index in [4.69, 9.17) is 27.9 Å². The molecule has 4 nitrogen and oxygen atoms in total. The second-order valence-electron chi connectivity index (χ2n) is 6.01. The number of aliphatic hydroxyl groups excluding tert-OH is 1. The Morgan fingerprint density at radius 1 is 1.08 bits per heavy atom. The van der Waals surface area contributed by atoms with Crippen molar-refractivity contribution in [3.05, 3.63) is 62.0 Å². The average molecular weight is 462 g/mol. The lowest BCUT2D eigenvalue weighted by Crippen LogP contribution is -2.31. The van der Waals surface area contributed by atoms with Crippen molar-refractivity contribution in [2.45, 2.75) is 26.2 Å². The Balaban J connectivity index is 1.90. The van der Waals surface area contributed by atoms with Crippen LogP contribution in [-0.2, 0) is 13.2 Å². The molecule has 142 valence electrons. The standard InChI is InChI=1S/C19H23BrCl2N2O2/c1-13(25)10-23-6-7-24-11-15-8-16(20)3-5-19(15)26-12-14-2-4-17(21)9-18(14)22/h2-5,8-9,13,23-25H,6-7,10-12H2,1H3/t13-/m1/s1. The fraction of sp³-hybridized carbons (Fsp3) is 0.368. The molecular weight excluding hydrogens is 439 g/mol. The summed E-state index contributed by atoms with van der Waals surface area (Å²) in [5.74, 6) is 0.809. The van der Waals surface area contributed by atoms with Crippen LogP contribution in [-0.4, -0.2) is 30.8 Å². The smallest absolute Gasteiger partial charge is 0.124 e. The summed E-state index contributed by atoms with van der Waals surface area (Å²) in [6, 6.07) is 11.3. The van der Waals surface area contributed by atoms with Crippen LogP contribution in [0.4, 0.5) is 0 Å². The third-order valence-electron chi connectivity index (χ3n) is 3.65. The van der Waals surface area contributed by atoms with Gasteiger partial charge >= 0.3 is 0 Å². The van der Waals surface area contributed by atoms with Crippen molar-refractivity contribution in [1.29, 1.82) is 0 Å². The van der Waals surface area contributed by atoms with Gasteiger partial charge in [0.15, 0.2) is 0 Å². The number of halogens is 3. The van der Waals surface area contributed by atoms with Crippen LogP contribution in [0.5, 0.6) is 5.75 Å². The van der Waals surface area contributed by atoms with E-state index in [1.165, 1.54) is 0 Å². The molecule has 0 saturated carbocycles. The fourth-order valence-corrected chi connectivity index (χ4v) is 3.20. The number of hydrogen-bond acceptors (Lipinski definition) is 4. The third kappa shape index (κ3) is 7.43. The number of nitrogens with one attached hydrogen (secondary N) is 2. The van der Waals surface area contributed by atoms with E-state index in [-0.39, 0.29) is 6.10 Å². The predicted molar refractivity (Wildman–Crippen MR) is 111 cm³/mol. The minimum absolute atomic E-state index is 0.334. The second kappa shape index (κ2) is 11.1. The van der Waals surface area contributed by atoms with Gasteiger partial charge < -0.3 is 20.5 Å². The van der Waals surface area contributed by atoms with Gasteiger partial charge in [0.2, 0.25) is 0 Å². The highest BCUT2D eigenvalue weighted by atomic mass is 79.9. The first-order valence-electron chi connectivity index (χ1n) is 8.40. The Morgan fingerprint density at radius 3 is 2.58 bits per heavy atom. The number of rotatable bonds is 10. The van der Waals surface area contributed by atoms with Gasteiger partial charge in [0.1, 0.15) is 12.4 Å². The molecule has 0 aromatic heterocycles. The van der Waals surface area contributed by atoms with Crippen molar-refractivity contribution in [3.8, 4) is 5.75 Å². The molecule has 7 heteroatoms. The molecule has 0 unspecified atom stereocenters. The summed E-state index contributed by atoms with van der Waals surface area (Å²) in [6.07, 6.45) is -0.334. The summed E-state index contributed by atoms with van der Waals surface area (Å²) in [7, 11) is 0. The van der Waals surface area contributed by atoms with Gasteiger partial charge in [-0.3, -0.25) is 0 Å². The van der Waals surface area contributed by atoms with Gasteiger partial charge in [-0.1, -0.05) is 45.2 Å². The molecule has 0 bridgehead atoms. The van der Waals surface area contributed by atoms with Crippen LogP contribution in [0.1, 0.15) is 18.1 Å². The molecule has 0 aliphatic heterocycles. The van der Waals surface area contributed by atoms with E-state index in [0.717, 1.165) is 34.4 Å². The molecule has 0 aliphatic carbocycles.